The van der Waals surface area contributed by atoms with Crippen LogP contribution in [0.5, 0.6) is 0 Å². The van der Waals surface area contributed by atoms with E-state index in [0.29, 0.717) is 5.39 Å². The maximum atomic E-state index is 13.3. The van der Waals surface area contributed by atoms with Crippen LogP contribution < -0.4 is 0 Å². The second-order valence-electron chi connectivity index (χ2n) is 2.32. The first-order chi connectivity index (χ1) is 5.70. The molecule has 62 valence electrons. The third kappa shape index (κ3) is 1.24. The molecular weight excluding hydrogens is 310 g/mol. The monoisotopic (exact) mass is 312 g/mol. The summed E-state index contributed by atoms with van der Waals surface area (Å²) in [6, 6.07) is 3.40. The van der Waals surface area contributed by atoms with Gasteiger partial charge in [0.15, 0.2) is 5.82 Å². The average molecular weight is 313 g/mol. The average Bonchev–Trinajstić information content (AvgIpc) is 2.48. The van der Waals surface area contributed by atoms with Crippen LogP contribution in [0.15, 0.2) is 17.5 Å². The van der Waals surface area contributed by atoms with E-state index >= 15 is 0 Å². The SMILES string of the molecule is Fc1c(Cl)cc(I)c2sccc12. The minimum atomic E-state index is -0.312. The largest absolute Gasteiger partial charge is 0.205 e. The molecule has 0 aliphatic rings. The van der Waals surface area contributed by atoms with Gasteiger partial charge in [0.1, 0.15) is 0 Å². The number of benzene rings is 1. The molecule has 1 heterocycles. The Morgan fingerprint density at radius 2 is 2.25 bits per heavy atom. The lowest BCUT2D eigenvalue weighted by Crippen LogP contribution is -1.80. The van der Waals surface area contributed by atoms with Gasteiger partial charge in [0.05, 0.1) is 9.72 Å². The van der Waals surface area contributed by atoms with E-state index in [-0.39, 0.29) is 10.8 Å². The molecule has 0 saturated carbocycles. The highest BCUT2D eigenvalue weighted by Crippen LogP contribution is 2.32. The lowest BCUT2D eigenvalue weighted by molar-refractivity contribution is 0.640. The second-order valence-corrected chi connectivity index (χ2v) is 4.80. The van der Waals surface area contributed by atoms with Crippen LogP contribution in [0.4, 0.5) is 4.39 Å². The second kappa shape index (κ2) is 3.12. The van der Waals surface area contributed by atoms with Gasteiger partial charge in [-0.15, -0.1) is 11.3 Å². The minimum Gasteiger partial charge on any atom is -0.205 e. The highest BCUT2D eigenvalue weighted by Gasteiger charge is 2.09. The smallest absolute Gasteiger partial charge is 0.150 e. The Balaban J connectivity index is 2.97. The molecule has 0 atom stereocenters. The summed E-state index contributed by atoms with van der Waals surface area (Å²) in [5.74, 6) is -0.312. The number of rotatable bonds is 0. The molecule has 0 aliphatic heterocycles. The molecule has 0 saturated heterocycles. The van der Waals surface area contributed by atoms with Crippen LogP contribution in [0.1, 0.15) is 0 Å². The summed E-state index contributed by atoms with van der Waals surface area (Å²) in [6.45, 7) is 0. The van der Waals surface area contributed by atoms with E-state index in [2.05, 4.69) is 22.6 Å². The van der Waals surface area contributed by atoms with Crippen LogP contribution in [-0.2, 0) is 0 Å². The zero-order chi connectivity index (χ0) is 8.72. The zero-order valence-electron chi connectivity index (χ0n) is 5.77. The van der Waals surface area contributed by atoms with Crippen molar-refractivity contribution < 1.29 is 4.39 Å². The first-order valence-corrected chi connectivity index (χ1v) is 5.54. The van der Waals surface area contributed by atoms with Crippen molar-refractivity contribution in [1.82, 2.24) is 0 Å². The molecule has 0 unspecified atom stereocenters. The summed E-state index contributed by atoms with van der Waals surface area (Å²) in [6.07, 6.45) is 0. The molecule has 0 amide bonds. The predicted octanol–water partition coefficient (Wildman–Crippen LogP) is 4.30. The maximum absolute atomic E-state index is 13.3. The Bertz CT molecular complexity index is 438. The van der Waals surface area contributed by atoms with Gasteiger partial charge in [0, 0.05) is 8.96 Å². The van der Waals surface area contributed by atoms with E-state index in [9.17, 15) is 4.39 Å². The van der Waals surface area contributed by atoms with E-state index in [1.165, 1.54) is 11.3 Å². The number of fused-ring (bicyclic) bond motifs is 1. The number of halogens is 3. The van der Waals surface area contributed by atoms with Gasteiger partial charge in [-0.3, -0.25) is 0 Å². The number of thiophene rings is 1. The fourth-order valence-electron chi connectivity index (χ4n) is 1.04. The Morgan fingerprint density at radius 3 is 3.00 bits per heavy atom. The van der Waals surface area contributed by atoms with E-state index in [4.69, 9.17) is 11.6 Å². The normalized spacial score (nSPS) is 10.9. The van der Waals surface area contributed by atoms with Crippen molar-refractivity contribution in [3.05, 3.63) is 31.9 Å². The van der Waals surface area contributed by atoms with Gasteiger partial charge in [-0.05, 0) is 40.1 Å². The summed E-state index contributed by atoms with van der Waals surface area (Å²) >= 11 is 9.36. The maximum Gasteiger partial charge on any atom is 0.150 e. The fourth-order valence-corrected chi connectivity index (χ4v) is 3.21. The standard InChI is InChI=1S/C8H3ClFIS/c9-5-3-6(11)8-4(7(5)10)1-2-12-8/h1-3H. The molecule has 4 heteroatoms. The Hall–Kier alpha value is 0.130. The van der Waals surface area contributed by atoms with E-state index in [1.807, 2.05) is 5.38 Å². The Kier molecular flexibility index (Phi) is 2.27. The summed E-state index contributed by atoms with van der Waals surface area (Å²) < 4.78 is 15.3. The van der Waals surface area contributed by atoms with Crippen molar-refractivity contribution in [2.75, 3.05) is 0 Å². The summed E-state index contributed by atoms with van der Waals surface area (Å²) in [4.78, 5) is 0. The van der Waals surface area contributed by atoms with Crippen LogP contribution in [0.3, 0.4) is 0 Å². The van der Waals surface area contributed by atoms with E-state index in [0.717, 1.165) is 8.27 Å². The molecular formula is C8H3ClFIS. The third-order valence-electron chi connectivity index (χ3n) is 1.58. The molecule has 0 fully saturated rings. The van der Waals surface area contributed by atoms with Gasteiger partial charge < -0.3 is 0 Å². The van der Waals surface area contributed by atoms with Gasteiger partial charge in [0.2, 0.25) is 0 Å². The van der Waals surface area contributed by atoms with Crippen molar-refractivity contribution in [3.8, 4) is 0 Å². The molecule has 1 aromatic carbocycles. The number of hydrogen-bond acceptors (Lipinski definition) is 1. The van der Waals surface area contributed by atoms with Crippen LogP contribution in [0.25, 0.3) is 10.1 Å². The molecule has 2 rings (SSSR count). The molecule has 12 heavy (non-hydrogen) atoms. The third-order valence-corrected chi connectivity index (χ3v) is 4.02. The number of hydrogen-bond donors (Lipinski definition) is 0. The lowest BCUT2D eigenvalue weighted by atomic mass is 10.2. The summed E-state index contributed by atoms with van der Waals surface area (Å²) in [5.41, 5.74) is 0. The van der Waals surface area contributed by atoms with Crippen molar-refractivity contribution in [2.24, 2.45) is 0 Å². The molecule has 0 N–H and O–H groups in total. The van der Waals surface area contributed by atoms with Crippen molar-refractivity contribution in [3.63, 3.8) is 0 Å². The van der Waals surface area contributed by atoms with Crippen molar-refractivity contribution in [2.45, 2.75) is 0 Å². The molecule has 0 spiro atoms. The summed E-state index contributed by atoms with van der Waals surface area (Å²) in [7, 11) is 0. The van der Waals surface area contributed by atoms with Crippen LogP contribution in [0, 0.1) is 9.39 Å². The van der Waals surface area contributed by atoms with Gasteiger partial charge in [0.25, 0.3) is 0 Å². The van der Waals surface area contributed by atoms with Gasteiger partial charge >= 0.3 is 0 Å². The topological polar surface area (TPSA) is 0 Å². The molecule has 0 aliphatic carbocycles. The molecule has 0 nitrogen and oxygen atoms in total. The fraction of sp³-hybridized carbons (Fsp3) is 0. The first-order valence-electron chi connectivity index (χ1n) is 3.21. The van der Waals surface area contributed by atoms with Crippen LogP contribution >= 0.6 is 45.5 Å². The summed E-state index contributed by atoms with van der Waals surface area (Å²) in [5, 5.41) is 2.69. The van der Waals surface area contributed by atoms with E-state index < -0.39 is 0 Å². The van der Waals surface area contributed by atoms with Gasteiger partial charge in [-0.25, -0.2) is 4.39 Å². The predicted molar refractivity (Wildman–Crippen MR) is 59.5 cm³/mol. The molecule has 0 radical (unpaired) electrons. The van der Waals surface area contributed by atoms with Crippen LogP contribution in [0.2, 0.25) is 5.02 Å². The minimum absolute atomic E-state index is 0.199. The Labute approximate surface area is 91.5 Å². The lowest BCUT2D eigenvalue weighted by Gasteiger charge is -1.97. The first kappa shape index (κ1) is 8.72. The van der Waals surface area contributed by atoms with Gasteiger partial charge in [-0.2, -0.15) is 0 Å². The zero-order valence-corrected chi connectivity index (χ0v) is 9.50. The Morgan fingerprint density at radius 1 is 1.50 bits per heavy atom. The van der Waals surface area contributed by atoms with E-state index in [1.54, 1.807) is 12.1 Å². The molecule has 0 bridgehead atoms. The quantitative estimate of drug-likeness (QED) is 0.502. The highest BCUT2D eigenvalue weighted by molar-refractivity contribution is 14.1. The molecule has 2 aromatic rings. The van der Waals surface area contributed by atoms with Gasteiger partial charge in [-0.1, -0.05) is 11.6 Å². The molecule has 1 aromatic heterocycles. The van der Waals surface area contributed by atoms with Crippen molar-refractivity contribution >= 4 is 55.6 Å². The van der Waals surface area contributed by atoms with Crippen LogP contribution in [-0.4, -0.2) is 0 Å². The van der Waals surface area contributed by atoms with Crippen molar-refractivity contribution in [1.29, 1.82) is 0 Å². The highest BCUT2D eigenvalue weighted by atomic mass is 127.